The molecular weight excluding hydrogens is 338 g/mol. The van der Waals surface area contributed by atoms with Crippen molar-refractivity contribution in [3.63, 3.8) is 0 Å². The summed E-state index contributed by atoms with van der Waals surface area (Å²) >= 11 is 0. The van der Waals surface area contributed by atoms with Gasteiger partial charge in [-0.2, -0.15) is 0 Å². The number of hydrogen-bond acceptors (Lipinski definition) is 4. The van der Waals surface area contributed by atoms with E-state index in [2.05, 4.69) is 25.8 Å². The molecule has 0 bridgehead atoms. The number of carbonyl (C=O) groups excluding carboxylic acids is 1. The molecule has 3 fully saturated rings. The molecule has 1 spiro atoms. The van der Waals surface area contributed by atoms with Gasteiger partial charge in [0.2, 0.25) is 5.91 Å². The average molecular weight is 372 g/mol. The molecule has 3 aliphatic rings. The fraction of sp³-hybridized carbons (Fsp3) is 0.773. The molecule has 4 rings (SSSR count). The minimum atomic E-state index is -0.621. The highest BCUT2D eigenvalue weighted by Gasteiger charge is 2.51. The van der Waals surface area contributed by atoms with Crippen molar-refractivity contribution in [2.24, 2.45) is 11.3 Å². The van der Waals surface area contributed by atoms with E-state index in [1.807, 2.05) is 24.2 Å². The number of aliphatic hydroxyl groups is 1. The van der Waals surface area contributed by atoms with Gasteiger partial charge >= 0.3 is 0 Å². The van der Waals surface area contributed by atoms with Crippen molar-refractivity contribution in [3.05, 3.63) is 23.8 Å². The number of likely N-dealkylation sites (tertiary alicyclic amines) is 1. The number of amides is 1. The maximum absolute atomic E-state index is 12.5. The maximum atomic E-state index is 12.5. The van der Waals surface area contributed by atoms with Crippen LogP contribution < -0.4 is 0 Å². The molecule has 5 nitrogen and oxygen atoms in total. The van der Waals surface area contributed by atoms with Gasteiger partial charge in [0.05, 0.1) is 17.0 Å². The van der Waals surface area contributed by atoms with E-state index >= 15 is 0 Å². The van der Waals surface area contributed by atoms with E-state index < -0.39 is 5.60 Å². The third-order valence-corrected chi connectivity index (χ3v) is 6.97. The zero-order valence-electron chi connectivity index (χ0n) is 17.2. The SMILES string of the molecule is CC1(O)CC(C(=O)N2CC3(CCC(c4cncc(C(C)(C)C)n4)CC3)C2)C1. The van der Waals surface area contributed by atoms with E-state index in [-0.39, 0.29) is 17.2 Å². The summed E-state index contributed by atoms with van der Waals surface area (Å²) in [5, 5.41) is 9.87. The molecule has 0 radical (unpaired) electrons. The second-order valence-electron chi connectivity index (χ2n) is 10.6. The van der Waals surface area contributed by atoms with Crippen LogP contribution in [0.2, 0.25) is 0 Å². The Morgan fingerprint density at radius 2 is 1.81 bits per heavy atom. The molecule has 1 aliphatic heterocycles. The number of nitrogens with zero attached hydrogens (tertiary/aromatic N) is 3. The predicted octanol–water partition coefficient (Wildman–Crippen LogP) is 3.42. The Balaban J connectivity index is 1.31. The molecule has 2 heterocycles. The predicted molar refractivity (Wildman–Crippen MR) is 104 cm³/mol. The Kier molecular flexibility index (Phi) is 4.37. The van der Waals surface area contributed by atoms with E-state index in [4.69, 9.17) is 4.98 Å². The van der Waals surface area contributed by atoms with Gasteiger partial charge in [-0.25, -0.2) is 0 Å². The number of hydrogen-bond donors (Lipinski definition) is 1. The number of aromatic nitrogens is 2. The molecule has 1 amide bonds. The summed E-state index contributed by atoms with van der Waals surface area (Å²) in [6, 6.07) is 0. The largest absolute Gasteiger partial charge is 0.390 e. The zero-order valence-corrected chi connectivity index (χ0v) is 17.2. The summed E-state index contributed by atoms with van der Waals surface area (Å²) in [5.41, 5.74) is 1.94. The molecule has 0 unspecified atom stereocenters. The van der Waals surface area contributed by atoms with Gasteiger partial charge in [0.15, 0.2) is 0 Å². The van der Waals surface area contributed by atoms with Gasteiger partial charge in [0.25, 0.3) is 0 Å². The molecule has 148 valence electrons. The highest BCUT2D eigenvalue weighted by Crippen LogP contribution is 2.49. The van der Waals surface area contributed by atoms with E-state index in [0.717, 1.165) is 37.3 Å². The molecule has 1 N–H and O–H groups in total. The third-order valence-electron chi connectivity index (χ3n) is 6.97. The molecular formula is C22H33N3O2. The molecule has 0 aromatic carbocycles. The molecule has 27 heavy (non-hydrogen) atoms. The lowest BCUT2D eigenvalue weighted by molar-refractivity contribution is -0.163. The van der Waals surface area contributed by atoms with E-state index in [1.165, 1.54) is 12.8 Å². The summed E-state index contributed by atoms with van der Waals surface area (Å²) in [6.07, 6.45) is 9.71. The van der Waals surface area contributed by atoms with Gasteiger partial charge in [0, 0.05) is 48.1 Å². The van der Waals surface area contributed by atoms with Crippen molar-refractivity contribution in [3.8, 4) is 0 Å². The van der Waals surface area contributed by atoms with Crippen LogP contribution >= 0.6 is 0 Å². The summed E-state index contributed by atoms with van der Waals surface area (Å²) in [5.74, 6) is 0.805. The number of carbonyl (C=O) groups is 1. The lowest BCUT2D eigenvalue weighted by atomic mass is 9.64. The van der Waals surface area contributed by atoms with Crippen LogP contribution in [0.25, 0.3) is 0 Å². The Labute approximate surface area is 162 Å². The highest BCUT2D eigenvalue weighted by molar-refractivity contribution is 5.81. The zero-order chi connectivity index (χ0) is 19.4. The molecule has 1 aromatic rings. The van der Waals surface area contributed by atoms with Crippen LogP contribution in [0.4, 0.5) is 0 Å². The standard InChI is InChI=1S/C22H33N3O2/c1-20(2,3)18-12-23-11-17(24-18)15-5-7-22(8-6-15)13-25(14-22)19(26)16-9-21(4,27)10-16/h11-12,15-16,27H,5-10,13-14H2,1-4H3. The molecule has 2 saturated carbocycles. The second kappa shape index (κ2) is 6.26. The Morgan fingerprint density at radius 3 is 2.37 bits per heavy atom. The van der Waals surface area contributed by atoms with Crippen LogP contribution in [-0.2, 0) is 10.2 Å². The molecule has 1 saturated heterocycles. The summed E-state index contributed by atoms with van der Waals surface area (Å²) in [6.45, 7) is 10.2. The van der Waals surface area contributed by atoms with Gasteiger partial charge in [-0.15, -0.1) is 0 Å². The average Bonchev–Trinajstić information content (AvgIpc) is 2.56. The van der Waals surface area contributed by atoms with Crippen LogP contribution in [0, 0.1) is 11.3 Å². The maximum Gasteiger partial charge on any atom is 0.225 e. The van der Waals surface area contributed by atoms with Crippen molar-refractivity contribution >= 4 is 5.91 Å². The van der Waals surface area contributed by atoms with Gasteiger partial charge in [-0.1, -0.05) is 20.8 Å². The first-order valence-electron chi connectivity index (χ1n) is 10.4. The van der Waals surface area contributed by atoms with Gasteiger partial charge < -0.3 is 10.0 Å². The van der Waals surface area contributed by atoms with Crippen molar-refractivity contribution in [1.29, 1.82) is 0 Å². The minimum absolute atomic E-state index is 0.0277. The van der Waals surface area contributed by atoms with E-state index in [0.29, 0.717) is 24.2 Å². The monoisotopic (exact) mass is 371 g/mol. The van der Waals surface area contributed by atoms with E-state index in [1.54, 1.807) is 0 Å². The van der Waals surface area contributed by atoms with Crippen molar-refractivity contribution in [2.75, 3.05) is 13.1 Å². The summed E-state index contributed by atoms with van der Waals surface area (Å²) in [7, 11) is 0. The quantitative estimate of drug-likeness (QED) is 0.865. The first kappa shape index (κ1) is 18.9. The van der Waals surface area contributed by atoms with Gasteiger partial charge in [-0.3, -0.25) is 14.8 Å². The van der Waals surface area contributed by atoms with Crippen LogP contribution in [0.15, 0.2) is 12.4 Å². The van der Waals surface area contributed by atoms with Crippen molar-refractivity contribution < 1.29 is 9.90 Å². The fourth-order valence-corrected chi connectivity index (χ4v) is 5.14. The Bertz CT molecular complexity index is 713. The lowest BCUT2D eigenvalue weighted by Crippen LogP contribution is -2.62. The lowest BCUT2D eigenvalue weighted by Gasteiger charge is -2.55. The van der Waals surface area contributed by atoms with Crippen LogP contribution in [0.3, 0.4) is 0 Å². The minimum Gasteiger partial charge on any atom is -0.390 e. The van der Waals surface area contributed by atoms with Crippen LogP contribution in [0.5, 0.6) is 0 Å². The van der Waals surface area contributed by atoms with Crippen molar-refractivity contribution in [1.82, 2.24) is 14.9 Å². The van der Waals surface area contributed by atoms with Gasteiger partial charge in [0.1, 0.15) is 0 Å². The van der Waals surface area contributed by atoms with Crippen molar-refractivity contribution in [2.45, 2.75) is 83.2 Å². The van der Waals surface area contributed by atoms with Crippen LogP contribution in [0.1, 0.15) is 83.5 Å². The smallest absolute Gasteiger partial charge is 0.225 e. The Hall–Kier alpha value is -1.49. The topological polar surface area (TPSA) is 66.3 Å². The second-order valence-corrected chi connectivity index (χ2v) is 10.6. The molecule has 0 atom stereocenters. The fourth-order valence-electron chi connectivity index (χ4n) is 5.14. The van der Waals surface area contributed by atoms with Crippen LogP contribution in [-0.4, -0.2) is 44.6 Å². The molecule has 2 aliphatic carbocycles. The number of rotatable bonds is 2. The molecule has 5 heteroatoms. The summed E-state index contributed by atoms with van der Waals surface area (Å²) < 4.78 is 0. The molecule has 1 aromatic heterocycles. The van der Waals surface area contributed by atoms with Gasteiger partial charge in [-0.05, 0) is 45.4 Å². The first-order valence-corrected chi connectivity index (χ1v) is 10.4. The third kappa shape index (κ3) is 3.63. The Morgan fingerprint density at radius 1 is 1.19 bits per heavy atom. The summed E-state index contributed by atoms with van der Waals surface area (Å²) in [4.78, 5) is 23.9. The highest BCUT2D eigenvalue weighted by atomic mass is 16.3. The van der Waals surface area contributed by atoms with E-state index in [9.17, 15) is 9.90 Å². The normalized spacial score (nSPS) is 30.7. The first-order chi connectivity index (χ1) is 12.6.